The first-order chi connectivity index (χ1) is 12.0. The molecule has 0 saturated heterocycles. The fourth-order valence-corrected chi connectivity index (χ4v) is 3.79. The number of benzene rings is 2. The van der Waals surface area contributed by atoms with Crippen LogP contribution in [0, 0.1) is 0 Å². The maximum atomic E-state index is 11.5. The molecule has 0 fully saturated rings. The molecule has 0 spiro atoms. The van der Waals surface area contributed by atoms with Gasteiger partial charge in [-0.25, -0.2) is 13.6 Å². The van der Waals surface area contributed by atoms with E-state index in [0.717, 1.165) is 17.7 Å². The first-order valence-corrected chi connectivity index (χ1v) is 9.64. The van der Waals surface area contributed by atoms with E-state index in [4.69, 9.17) is 5.14 Å². The molecule has 7 heteroatoms. The first kappa shape index (κ1) is 17.6. The van der Waals surface area contributed by atoms with Crippen LogP contribution in [0.2, 0.25) is 0 Å². The number of nitrogens with two attached hydrogens (primary N) is 1. The number of hydrazone groups is 1. The van der Waals surface area contributed by atoms with Gasteiger partial charge in [0.15, 0.2) is 0 Å². The summed E-state index contributed by atoms with van der Waals surface area (Å²) in [5.41, 5.74) is 1.49. The molecule has 0 radical (unpaired) electrons. The smallest absolute Gasteiger partial charge is 0.238 e. The SMILES string of the molecule is NS(=O)(=O)c1ccc(N2N=CCC2(CCCO)c2ccccc2)cc1. The van der Waals surface area contributed by atoms with Crippen LogP contribution in [0.25, 0.3) is 0 Å². The third-order valence-electron chi connectivity index (χ3n) is 4.50. The zero-order chi connectivity index (χ0) is 17.9. The molecule has 1 atom stereocenters. The summed E-state index contributed by atoms with van der Waals surface area (Å²) in [6.45, 7) is 0.104. The van der Waals surface area contributed by atoms with Crippen molar-refractivity contribution in [2.75, 3.05) is 11.6 Å². The quantitative estimate of drug-likeness (QED) is 0.826. The summed E-state index contributed by atoms with van der Waals surface area (Å²) in [6.07, 6.45) is 3.94. The fourth-order valence-electron chi connectivity index (χ4n) is 3.27. The molecule has 0 amide bonds. The molecule has 0 bridgehead atoms. The molecule has 3 N–H and O–H groups in total. The lowest BCUT2D eigenvalue weighted by Gasteiger charge is -2.38. The predicted molar refractivity (Wildman–Crippen MR) is 97.8 cm³/mol. The van der Waals surface area contributed by atoms with Crippen molar-refractivity contribution < 1.29 is 13.5 Å². The van der Waals surface area contributed by atoms with Crippen LogP contribution in [0.1, 0.15) is 24.8 Å². The van der Waals surface area contributed by atoms with Gasteiger partial charge in [0.1, 0.15) is 0 Å². The van der Waals surface area contributed by atoms with Crippen LogP contribution in [0.4, 0.5) is 5.69 Å². The number of primary sulfonamides is 1. The zero-order valence-corrected chi connectivity index (χ0v) is 14.6. The van der Waals surface area contributed by atoms with E-state index in [1.54, 1.807) is 12.1 Å². The van der Waals surface area contributed by atoms with E-state index in [-0.39, 0.29) is 11.5 Å². The summed E-state index contributed by atoms with van der Waals surface area (Å²) >= 11 is 0. The molecular formula is C18H21N3O3S. The van der Waals surface area contributed by atoms with Gasteiger partial charge in [0, 0.05) is 19.2 Å². The van der Waals surface area contributed by atoms with Crippen molar-refractivity contribution in [3.05, 3.63) is 60.2 Å². The largest absolute Gasteiger partial charge is 0.396 e. The number of anilines is 1. The highest BCUT2D eigenvalue weighted by Gasteiger charge is 2.41. The molecule has 132 valence electrons. The molecule has 6 nitrogen and oxygen atoms in total. The van der Waals surface area contributed by atoms with E-state index >= 15 is 0 Å². The Morgan fingerprint density at radius 3 is 2.40 bits per heavy atom. The Balaban J connectivity index is 2.02. The summed E-state index contributed by atoms with van der Waals surface area (Å²) in [7, 11) is -3.73. The maximum Gasteiger partial charge on any atom is 0.238 e. The Labute approximate surface area is 147 Å². The summed E-state index contributed by atoms with van der Waals surface area (Å²) in [4.78, 5) is 0.0695. The van der Waals surface area contributed by atoms with Gasteiger partial charge in [0.2, 0.25) is 10.0 Å². The van der Waals surface area contributed by atoms with E-state index in [1.165, 1.54) is 12.1 Å². The third-order valence-corrected chi connectivity index (χ3v) is 5.43. The second-order valence-electron chi connectivity index (χ2n) is 6.08. The molecular weight excluding hydrogens is 338 g/mol. The van der Waals surface area contributed by atoms with E-state index in [1.807, 2.05) is 29.4 Å². The van der Waals surface area contributed by atoms with E-state index in [2.05, 4.69) is 17.2 Å². The van der Waals surface area contributed by atoms with Crippen LogP contribution in [0.3, 0.4) is 0 Å². The van der Waals surface area contributed by atoms with Crippen molar-refractivity contribution in [3.8, 4) is 0 Å². The molecule has 1 aliphatic heterocycles. The van der Waals surface area contributed by atoms with Crippen LogP contribution in [0.5, 0.6) is 0 Å². The van der Waals surface area contributed by atoms with Gasteiger partial charge in [-0.15, -0.1) is 0 Å². The molecule has 1 aliphatic rings. The summed E-state index contributed by atoms with van der Waals surface area (Å²) < 4.78 is 22.9. The second-order valence-corrected chi connectivity index (χ2v) is 7.64. The maximum absolute atomic E-state index is 11.5. The Morgan fingerprint density at radius 2 is 1.80 bits per heavy atom. The lowest BCUT2D eigenvalue weighted by Crippen LogP contribution is -2.40. The van der Waals surface area contributed by atoms with Crippen LogP contribution in [-0.2, 0) is 15.6 Å². The molecule has 2 aromatic rings. The molecule has 1 unspecified atom stereocenters. The number of rotatable bonds is 6. The van der Waals surface area contributed by atoms with Crippen molar-refractivity contribution >= 4 is 21.9 Å². The molecule has 25 heavy (non-hydrogen) atoms. The Bertz CT molecular complexity index is 851. The predicted octanol–water partition coefficient (Wildman–Crippen LogP) is 2.20. The van der Waals surface area contributed by atoms with Gasteiger partial charge in [-0.2, -0.15) is 5.10 Å². The van der Waals surface area contributed by atoms with Gasteiger partial charge in [-0.1, -0.05) is 30.3 Å². The van der Waals surface area contributed by atoms with Gasteiger partial charge in [0.25, 0.3) is 0 Å². The minimum atomic E-state index is -3.73. The second kappa shape index (κ2) is 6.95. The van der Waals surface area contributed by atoms with Crippen molar-refractivity contribution in [2.45, 2.75) is 29.7 Å². The molecule has 0 aliphatic carbocycles. The Kier molecular flexibility index (Phi) is 4.89. The average molecular weight is 359 g/mol. The number of nitrogens with zero attached hydrogens (tertiary/aromatic N) is 2. The van der Waals surface area contributed by atoms with E-state index < -0.39 is 15.6 Å². The standard InChI is InChI=1S/C18H21N3O3S/c19-25(23,24)17-9-7-16(8-10-17)21-18(11-4-14-22,12-13-20-21)15-5-2-1-3-6-15/h1-3,5-10,13,22H,4,11-12,14H2,(H2,19,23,24). The third kappa shape index (κ3) is 3.44. The molecule has 2 aromatic carbocycles. The lowest BCUT2D eigenvalue weighted by atomic mass is 9.82. The average Bonchev–Trinajstić information content (AvgIpc) is 3.05. The fraction of sp³-hybridized carbons (Fsp3) is 0.278. The Hall–Kier alpha value is -2.22. The number of aliphatic hydroxyl groups excluding tert-OH is 1. The molecule has 1 heterocycles. The van der Waals surface area contributed by atoms with Gasteiger partial charge in [-0.05, 0) is 42.7 Å². The monoisotopic (exact) mass is 359 g/mol. The highest BCUT2D eigenvalue weighted by molar-refractivity contribution is 7.89. The van der Waals surface area contributed by atoms with Crippen LogP contribution >= 0.6 is 0 Å². The van der Waals surface area contributed by atoms with Crippen molar-refractivity contribution in [3.63, 3.8) is 0 Å². The van der Waals surface area contributed by atoms with Crippen molar-refractivity contribution in [2.24, 2.45) is 10.2 Å². The zero-order valence-electron chi connectivity index (χ0n) is 13.7. The highest BCUT2D eigenvalue weighted by Crippen LogP contribution is 2.42. The normalized spacial score (nSPS) is 20.2. The number of hydrogen-bond donors (Lipinski definition) is 2. The van der Waals surface area contributed by atoms with Crippen molar-refractivity contribution in [1.29, 1.82) is 0 Å². The van der Waals surface area contributed by atoms with E-state index in [9.17, 15) is 13.5 Å². The topological polar surface area (TPSA) is 96.0 Å². The van der Waals surface area contributed by atoms with Crippen LogP contribution < -0.4 is 10.1 Å². The van der Waals surface area contributed by atoms with Crippen molar-refractivity contribution in [1.82, 2.24) is 0 Å². The minimum absolute atomic E-state index is 0.0695. The lowest BCUT2D eigenvalue weighted by molar-refractivity contribution is 0.261. The van der Waals surface area contributed by atoms with Gasteiger partial charge in [-0.3, -0.25) is 5.01 Å². The number of aliphatic hydroxyl groups is 1. The summed E-state index contributed by atoms with van der Waals surface area (Å²) in [5, 5.41) is 20.9. The number of hydrogen-bond acceptors (Lipinski definition) is 5. The van der Waals surface area contributed by atoms with E-state index in [0.29, 0.717) is 12.8 Å². The van der Waals surface area contributed by atoms with Gasteiger partial charge < -0.3 is 5.11 Å². The number of sulfonamides is 1. The first-order valence-electron chi connectivity index (χ1n) is 8.09. The Morgan fingerprint density at radius 1 is 1.12 bits per heavy atom. The molecule has 0 saturated carbocycles. The van der Waals surface area contributed by atoms with Gasteiger partial charge >= 0.3 is 0 Å². The summed E-state index contributed by atoms with van der Waals surface area (Å²) in [6, 6.07) is 16.4. The van der Waals surface area contributed by atoms with Gasteiger partial charge in [0.05, 0.1) is 16.1 Å². The molecule has 0 aromatic heterocycles. The molecule has 3 rings (SSSR count). The minimum Gasteiger partial charge on any atom is -0.396 e. The van der Waals surface area contributed by atoms with Crippen LogP contribution in [0.15, 0.2) is 64.6 Å². The highest BCUT2D eigenvalue weighted by atomic mass is 32.2. The summed E-state index contributed by atoms with van der Waals surface area (Å²) in [5.74, 6) is 0. The van der Waals surface area contributed by atoms with Crippen LogP contribution in [-0.4, -0.2) is 26.3 Å².